The van der Waals surface area contributed by atoms with Gasteiger partial charge < -0.3 is 4.74 Å². The number of aromatic nitrogens is 6. The van der Waals surface area contributed by atoms with Crippen LogP contribution in [0.2, 0.25) is 5.02 Å². The van der Waals surface area contributed by atoms with Crippen molar-refractivity contribution in [2.45, 2.75) is 19.8 Å². The molecule has 0 saturated carbocycles. The van der Waals surface area contributed by atoms with E-state index in [2.05, 4.69) is 15.5 Å². The van der Waals surface area contributed by atoms with Gasteiger partial charge in [0.1, 0.15) is 12.4 Å². The molecule has 154 valence electrons. The number of rotatable bonds is 5. The number of hydrogen-bond acceptors (Lipinski definition) is 6. The lowest BCUT2D eigenvalue weighted by Gasteiger charge is -2.14. The van der Waals surface area contributed by atoms with Crippen LogP contribution in [0.4, 0.5) is 13.2 Å². The van der Waals surface area contributed by atoms with Crippen molar-refractivity contribution in [3.05, 3.63) is 55.8 Å². The number of nitrogens with zero attached hydrogens (tertiary/aromatic N) is 6. The number of tetrazole rings is 1. The Bertz CT molecular complexity index is 1170. The van der Waals surface area contributed by atoms with Crippen molar-refractivity contribution in [3.63, 3.8) is 0 Å². The van der Waals surface area contributed by atoms with Gasteiger partial charge in [0.05, 0.1) is 10.7 Å². The normalized spacial score (nSPS) is 11.8. The summed E-state index contributed by atoms with van der Waals surface area (Å²) in [4.78, 5) is 24.8. The Balaban J connectivity index is 2.17. The molecule has 0 amide bonds. The Morgan fingerprint density at radius 3 is 2.59 bits per heavy atom. The third kappa shape index (κ3) is 3.93. The fourth-order valence-electron chi connectivity index (χ4n) is 2.62. The van der Waals surface area contributed by atoms with Crippen molar-refractivity contribution < 1.29 is 17.9 Å². The van der Waals surface area contributed by atoms with E-state index in [4.69, 9.17) is 16.3 Å². The van der Waals surface area contributed by atoms with Gasteiger partial charge in [-0.25, -0.2) is 9.36 Å². The van der Waals surface area contributed by atoms with Crippen LogP contribution in [-0.2, 0) is 24.7 Å². The minimum Gasteiger partial charge on any atom is -0.359 e. The molecule has 2 heterocycles. The lowest BCUT2D eigenvalue weighted by atomic mass is 10.2. The molecule has 29 heavy (non-hydrogen) atoms. The van der Waals surface area contributed by atoms with E-state index < -0.39 is 23.1 Å². The Kier molecular flexibility index (Phi) is 5.57. The monoisotopic (exact) mass is 430 g/mol. The molecule has 3 rings (SSSR count). The summed E-state index contributed by atoms with van der Waals surface area (Å²) >= 11 is 6.21. The summed E-state index contributed by atoms with van der Waals surface area (Å²) in [6.07, 6.45) is -4.85. The Morgan fingerprint density at radius 1 is 1.21 bits per heavy atom. The standard InChI is InChI=1S/C16H14ClF3N6O3/c1-3-29-8-25-14(21-22-23-25)10-6-9(4-5-11(10)17)26-13(27)7-12(16(18,19)20)24(2)15(26)28/h4-7H,3,8H2,1-2H3. The first-order valence-electron chi connectivity index (χ1n) is 8.19. The molecule has 0 aliphatic heterocycles. The zero-order valence-corrected chi connectivity index (χ0v) is 15.9. The summed E-state index contributed by atoms with van der Waals surface area (Å²) in [6, 6.07) is 4.41. The number of alkyl halides is 3. The van der Waals surface area contributed by atoms with Crippen LogP contribution in [-0.4, -0.2) is 35.9 Å². The van der Waals surface area contributed by atoms with Crippen molar-refractivity contribution in [1.82, 2.24) is 29.3 Å². The molecule has 0 radical (unpaired) electrons. The first-order chi connectivity index (χ1) is 13.6. The molecule has 0 saturated heterocycles. The van der Waals surface area contributed by atoms with Gasteiger partial charge in [-0.1, -0.05) is 11.6 Å². The maximum atomic E-state index is 13.0. The summed E-state index contributed by atoms with van der Waals surface area (Å²) < 4.78 is 46.6. The van der Waals surface area contributed by atoms with E-state index in [1.807, 2.05) is 0 Å². The largest absolute Gasteiger partial charge is 0.431 e. The van der Waals surface area contributed by atoms with Crippen molar-refractivity contribution in [2.75, 3.05) is 6.61 Å². The predicted octanol–water partition coefficient (Wildman–Crippen LogP) is 1.86. The maximum Gasteiger partial charge on any atom is 0.431 e. The zero-order chi connectivity index (χ0) is 21.3. The number of halogens is 4. The summed E-state index contributed by atoms with van der Waals surface area (Å²) in [5.41, 5.74) is -3.37. The molecular formula is C16H14ClF3N6O3. The van der Waals surface area contributed by atoms with E-state index in [0.29, 0.717) is 21.8 Å². The van der Waals surface area contributed by atoms with E-state index >= 15 is 0 Å². The van der Waals surface area contributed by atoms with Gasteiger partial charge in [0, 0.05) is 25.3 Å². The second kappa shape index (κ2) is 7.79. The van der Waals surface area contributed by atoms with Gasteiger partial charge in [-0.05, 0) is 35.5 Å². The molecule has 0 fully saturated rings. The third-order valence-electron chi connectivity index (χ3n) is 4.01. The topological polar surface area (TPSA) is 96.8 Å². The molecule has 0 N–H and O–H groups in total. The van der Waals surface area contributed by atoms with Gasteiger partial charge in [0.2, 0.25) is 0 Å². The van der Waals surface area contributed by atoms with E-state index in [1.54, 1.807) is 6.92 Å². The highest BCUT2D eigenvalue weighted by Crippen LogP contribution is 2.29. The van der Waals surface area contributed by atoms with E-state index in [1.165, 1.54) is 22.9 Å². The van der Waals surface area contributed by atoms with Crippen molar-refractivity contribution in [1.29, 1.82) is 0 Å². The Morgan fingerprint density at radius 2 is 1.93 bits per heavy atom. The summed E-state index contributed by atoms with van der Waals surface area (Å²) in [5.74, 6) is 0.196. The maximum absolute atomic E-state index is 13.0. The average Bonchev–Trinajstić information content (AvgIpc) is 3.11. The molecule has 0 aliphatic carbocycles. The number of hydrogen-bond donors (Lipinski definition) is 0. The zero-order valence-electron chi connectivity index (χ0n) is 15.1. The Hall–Kier alpha value is -2.99. The summed E-state index contributed by atoms with van der Waals surface area (Å²) in [5, 5.41) is 11.4. The second-order valence-corrected chi connectivity index (χ2v) is 6.24. The molecule has 3 aromatic rings. The molecule has 2 aromatic heterocycles. The van der Waals surface area contributed by atoms with Gasteiger partial charge in [-0.2, -0.15) is 17.9 Å². The molecular weight excluding hydrogens is 417 g/mol. The molecule has 0 aliphatic rings. The van der Waals surface area contributed by atoms with Crippen LogP contribution in [0.15, 0.2) is 33.9 Å². The third-order valence-corrected chi connectivity index (χ3v) is 4.34. The quantitative estimate of drug-likeness (QED) is 0.613. The van der Waals surface area contributed by atoms with Crippen LogP contribution in [0.25, 0.3) is 17.1 Å². The smallest absolute Gasteiger partial charge is 0.359 e. The SMILES string of the molecule is CCOCn1nnnc1-c1cc(-n2c(=O)cc(C(F)(F)F)n(C)c2=O)ccc1Cl. The molecule has 0 unspecified atom stereocenters. The fraction of sp³-hybridized carbons (Fsp3) is 0.312. The first-order valence-corrected chi connectivity index (χ1v) is 8.57. The molecule has 0 bridgehead atoms. The van der Waals surface area contributed by atoms with Crippen LogP contribution in [0.1, 0.15) is 12.6 Å². The summed E-state index contributed by atoms with van der Waals surface area (Å²) in [6.45, 7) is 2.22. The first kappa shape index (κ1) is 20.7. The van der Waals surface area contributed by atoms with Crippen LogP contribution in [0.5, 0.6) is 0 Å². The second-order valence-electron chi connectivity index (χ2n) is 5.83. The average molecular weight is 431 g/mol. The molecule has 1 aromatic carbocycles. The lowest BCUT2D eigenvalue weighted by molar-refractivity contribution is -0.144. The highest BCUT2D eigenvalue weighted by molar-refractivity contribution is 6.33. The van der Waals surface area contributed by atoms with Crippen LogP contribution >= 0.6 is 11.6 Å². The van der Waals surface area contributed by atoms with Crippen LogP contribution in [0, 0.1) is 0 Å². The molecule has 0 spiro atoms. The Labute approximate surface area is 165 Å². The molecule has 0 atom stereocenters. The predicted molar refractivity (Wildman–Crippen MR) is 95.7 cm³/mol. The van der Waals surface area contributed by atoms with Crippen LogP contribution in [0.3, 0.4) is 0 Å². The fourth-order valence-corrected chi connectivity index (χ4v) is 2.82. The molecule has 9 nitrogen and oxygen atoms in total. The number of benzene rings is 1. The minimum absolute atomic E-state index is 0.00897. The van der Waals surface area contributed by atoms with E-state index in [9.17, 15) is 22.8 Å². The van der Waals surface area contributed by atoms with Gasteiger partial charge in [0.15, 0.2) is 5.82 Å². The van der Waals surface area contributed by atoms with E-state index in [-0.39, 0.29) is 28.8 Å². The van der Waals surface area contributed by atoms with Crippen molar-refractivity contribution in [3.8, 4) is 17.1 Å². The molecule has 13 heteroatoms. The summed E-state index contributed by atoms with van der Waals surface area (Å²) in [7, 11) is 0.931. The lowest BCUT2D eigenvalue weighted by Crippen LogP contribution is -2.40. The van der Waals surface area contributed by atoms with Gasteiger partial charge in [-0.3, -0.25) is 9.36 Å². The number of ether oxygens (including phenoxy) is 1. The van der Waals surface area contributed by atoms with Gasteiger partial charge in [-0.15, -0.1) is 5.10 Å². The van der Waals surface area contributed by atoms with Crippen LogP contribution < -0.4 is 11.2 Å². The van der Waals surface area contributed by atoms with Crippen molar-refractivity contribution in [2.24, 2.45) is 7.05 Å². The van der Waals surface area contributed by atoms with Gasteiger partial charge in [0.25, 0.3) is 5.56 Å². The van der Waals surface area contributed by atoms with Gasteiger partial charge >= 0.3 is 11.9 Å². The highest BCUT2D eigenvalue weighted by atomic mass is 35.5. The van der Waals surface area contributed by atoms with Crippen molar-refractivity contribution >= 4 is 11.6 Å². The highest BCUT2D eigenvalue weighted by Gasteiger charge is 2.35. The minimum atomic E-state index is -4.85. The van der Waals surface area contributed by atoms with E-state index in [0.717, 1.165) is 7.05 Å².